The van der Waals surface area contributed by atoms with Crippen molar-refractivity contribution in [3.8, 4) is 0 Å². The number of imidazole rings is 1. The van der Waals surface area contributed by atoms with Crippen LogP contribution >= 0.6 is 15.9 Å². The Hall–Kier alpha value is -2.72. The number of aliphatic hydroxyl groups is 1. The largest absolute Gasteiger partial charge is 0.394 e. The van der Waals surface area contributed by atoms with Crippen LogP contribution in [0.3, 0.4) is 0 Å². The molecule has 150 valence electrons. The van der Waals surface area contributed by atoms with Crippen molar-refractivity contribution in [3.05, 3.63) is 40.8 Å². The van der Waals surface area contributed by atoms with E-state index in [1.54, 1.807) is 10.7 Å². The summed E-state index contributed by atoms with van der Waals surface area (Å²) in [6, 6.07) is 7.97. The van der Waals surface area contributed by atoms with Crippen molar-refractivity contribution in [2.24, 2.45) is 0 Å². The van der Waals surface area contributed by atoms with Crippen LogP contribution in [0.1, 0.15) is 25.1 Å². The third-order valence-electron chi connectivity index (χ3n) is 5.26. The van der Waals surface area contributed by atoms with E-state index in [0.29, 0.717) is 24.1 Å². The van der Waals surface area contributed by atoms with Crippen LogP contribution in [0.15, 0.2) is 34.9 Å². The molecule has 1 fully saturated rings. The second-order valence-electron chi connectivity index (χ2n) is 7.15. The van der Waals surface area contributed by atoms with E-state index < -0.39 is 0 Å². The van der Waals surface area contributed by atoms with E-state index in [4.69, 9.17) is 9.97 Å². The fourth-order valence-electron chi connectivity index (χ4n) is 3.79. The van der Waals surface area contributed by atoms with Gasteiger partial charge in [0, 0.05) is 6.54 Å². The van der Waals surface area contributed by atoms with E-state index in [-0.39, 0.29) is 12.6 Å². The van der Waals surface area contributed by atoms with Gasteiger partial charge in [-0.2, -0.15) is 19.6 Å². The number of aliphatic hydroxyl groups excluding tert-OH is 1. The SMILES string of the molecule is OC[C@H]1CCCCN1c1nc(NCc2nc3ccccc3[nH]2)n2ncc(Br)c2n1. The maximum absolute atomic E-state index is 9.79. The Balaban J connectivity index is 1.48. The highest BCUT2D eigenvalue weighted by Crippen LogP contribution is 2.26. The van der Waals surface area contributed by atoms with Gasteiger partial charge in [-0.15, -0.1) is 0 Å². The van der Waals surface area contributed by atoms with Crippen molar-refractivity contribution in [1.82, 2.24) is 29.5 Å². The summed E-state index contributed by atoms with van der Waals surface area (Å²) in [7, 11) is 0. The van der Waals surface area contributed by atoms with Gasteiger partial charge >= 0.3 is 0 Å². The highest BCUT2D eigenvalue weighted by molar-refractivity contribution is 9.10. The Morgan fingerprint density at radius 1 is 1.21 bits per heavy atom. The smallest absolute Gasteiger partial charge is 0.231 e. The average molecular weight is 457 g/mol. The third kappa shape index (κ3) is 3.42. The molecule has 4 aromatic rings. The zero-order valence-corrected chi connectivity index (χ0v) is 17.3. The molecule has 0 unspecified atom stereocenters. The van der Waals surface area contributed by atoms with Gasteiger partial charge in [0.2, 0.25) is 11.9 Å². The van der Waals surface area contributed by atoms with Crippen molar-refractivity contribution >= 4 is 44.5 Å². The van der Waals surface area contributed by atoms with Crippen LogP contribution in [0.4, 0.5) is 11.9 Å². The summed E-state index contributed by atoms with van der Waals surface area (Å²) in [5.74, 6) is 2.00. The molecule has 10 heteroatoms. The number of anilines is 2. The standard InChI is InChI=1S/C19H21BrN8O/c20-13-9-22-28-17(13)25-19(27-8-4-3-5-12(27)11-29)26-18(28)21-10-16-23-14-6-1-2-7-15(14)24-16/h1-2,6-7,9,12,29H,3-5,8,10-11H2,(H,23,24)(H,21,25,26)/t12-/m1/s1. The second-order valence-corrected chi connectivity index (χ2v) is 8.01. The lowest BCUT2D eigenvalue weighted by Crippen LogP contribution is -2.43. The Labute approximate surface area is 175 Å². The van der Waals surface area contributed by atoms with Gasteiger partial charge < -0.3 is 20.3 Å². The number of H-pyrrole nitrogens is 1. The molecule has 0 radical (unpaired) electrons. The van der Waals surface area contributed by atoms with Gasteiger partial charge in [-0.25, -0.2) is 4.98 Å². The molecule has 0 amide bonds. The number of aromatic amines is 1. The zero-order valence-electron chi connectivity index (χ0n) is 15.7. The molecule has 9 nitrogen and oxygen atoms in total. The summed E-state index contributed by atoms with van der Waals surface area (Å²) in [5.41, 5.74) is 2.61. The summed E-state index contributed by atoms with van der Waals surface area (Å²) in [5, 5.41) is 17.5. The van der Waals surface area contributed by atoms with E-state index in [0.717, 1.165) is 47.1 Å². The molecule has 1 aliphatic rings. The molecule has 3 N–H and O–H groups in total. The van der Waals surface area contributed by atoms with Gasteiger partial charge in [0.05, 0.1) is 40.9 Å². The number of para-hydroxylation sites is 2. The molecule has 29 heavy (non-hydrogen) atoms. The number of fused-ring (bicyclic) bond motifs is 2. The minimum Gasteiger partial charge on any atom is -0.394 e. The van der Waals surface area contributed by atoms with E-state index in [1.165, 1.54) is 0 Å². The summed E-state index contributed by atoms with van der Waals surface area (Å²) in [6.45, 7) is 1.40. The summed E-state index contributed by atoms with van der Waals surface area (Å²) in [6.07, 6.45) is 4.82. The van der Waals surface area contributed by atoms with Crippen molar-refractivity contribution in [1.29, 1.82) is 0 Å². The monoisotopic (exact) mass is 456 g/mol. The maximum atomic E-state index is 9.79. The number of aromatic nitrogens is 6. The average Bonchev–Trinajstić information content (AvgIpc) is 3.35. The first-order valence-electron chi connectivity index (χ1n) is 9.69. The van der Waals surface area contributed by atoms with Gasteiger partial charge in [0.15, 0.2) is 5.65 Å². The Kier molecular flexibility index (Phi) is 4.80. The molecule has 3 aromatic heterocycles. The van der Waals surface area contributed by atoms with Crippen molar-refractivity contribution in [2.75, 3.05) is 23.4 Å². The van der Waals surface area contributed by atoms with Crippen molar-refractivity contribution in [3.63, 3.8) is 0 Å². The topological polar surface area (TPSA) is 107 Å². The highest BCUT2D eigenvalue weighted by Gasteiger charge is 2.25. The van der Waals surface area contributed by atoms with Crippen LogP contribution in [0, 0.1) is 0 Å². The quantitative estimate of drug-likeness (QED) is 0.423. The number of rotatable bonds is 5. The normalized spacial score (nSPS) is 17.3. The van der Waals surface area contributed by atoms with Crippen LogP contribution in [0.25, 0.3) is 16.7 Å². The lowest BCUT2D eigenvalue weighted by atomic mass is 10.0. The number of hydrogen-bond acceptors (Lipinski definition) is 7. The molecule has 1 aromatic carbocycles. The number of hydrogen-bond donors (Lipinski definition) is 3. The van der Waals surface area contributed by atoms with E-state index in [9.17, 15) is 5.11 Å². The molecule has 5 rings (SSSR count). The fraction of sp³-hybridized carbons (Fsp3) is 0.368. The van der Waals surface area contributed by atoms with E-state index >= 15 is 0 Å². The fourth-order valence-corrected chi connectivity index (χ4v) is 4.14. The number of piperidine rings is 1. The molecule has 0 spiro atoms. The maximum Gasteiger partial charge on any atom is 0.231 e. The minimum atomic E-state index is 0.0381. The predicted octanol–water partition coefficient (Wildman–Crippen LogP) is 2.73. The first kappa shape index (κ1) is 18.3. The van der Waals surface area contributed by atoms with Crippen LogP contribution in [-0.2, 0) is 6.54 Å². The van der Waals surface area contributed by atoms with E-state index in [1.807, 2.05) is 24.3 Å². The van der Waals surface area contributed by atoms with E-state index in [2.05, 4.69) is 41.2 Å². The number of nitrogens with one attached hydrogen (secondary N) is 2. The predicted molar refractivity (Wildman–Crippen MR) is 114 cm³/mol. The highest BCUT2D eigenvalue weighted by atomic mass is 79.9. The summed E-state index contributed by atoms with van der Waals surface area (Å²) < 4.78 is 2.47. The lowest BCUT2D eigenvalue weighted by Gasteiger charge is -2.34. The molecule has 1 saturated heterocycles. The van der Waals surface area contributed by atoms with Gasteiger partial charge in [-0.05, 0) is 47.3 Å². The third-order valence-corrected chi connectivity index (χ3v) is 5.82. The number of benzene rings is 1. The zero-order chi connectivity index (χ0) is 19.8. The Bertz CT molecular complexity index is 1120. The van der Waals surface area contributed by atoms with Crippen LogP contribution < -0.4 is 10.2 Å². The molecule has 0 saturated carbocycles. The molecule has 1 atom stereocenters. The molecule has 0 aliphatic carbocycles. The lowest BCUT2D eigenvalue weighted by molar-refractivity contribution is 0.239. The summed E-state index contributed by atoms with van der Waals surface area (Å²) in [4.78, 5) is 19.4. The minimum absolute atomic E-state index is 0.0381. The van der Waals surface area contributed by atoms with Crippen LogP contribution in [0.5, 0.6) is 0 Å². The number of nitrogens with zero attached hydrogens (tertiary/aromatic N) is 6. The Morgan fingerprint density at radius 3 is 2.97 bits per heavy atom. The summed E-state index contributed by atoms with van der Waals surface area (Å²) >= 11 is 3.52. The molecule has 4 heterocycles. The first-order valence-corrected chi connectivity index (χ1v) is 10.5. The first-order chi connectivity index (χ1) is 14.2. The van der Waals surface area contributed by atoms with Gasteiger partial charge in [-0.1, -0.05) is 12.1 Å². The van der Waals surface area contributed by atoms with Crippen LogP contribution in [-0.4, -0.2) is 53.9 Å². The second kappa shape index (κ2) is 7.60. The molecular formula is C19H21BrN8O. The van der Waals surface area contributed by atoms with Crippen molar-refractivity contribution < 1.29 is 5.11 Å². The number of halogens is 1. The van der Waals surface area contributed by atoms with Crippen LogP contribution in [0.2, 0.25) is 0 Å². The molecular weight excluding hydrogens is 436 g/mol. The van der Waals surface area contributed by atoms with Gasteiger partial charge in [0.1, 0.15) is 5.82 Å². The van der Waals surface area contributed by atoms with Crippen molar-refractivity contribution in [2.45, 2.75) is 31.8 Å². The molecule has 0 bridgehead atoms. The molecule has 1 aliphatic heterocycles. The Morgan fingerprint density at radius 2 is 2.10 bits per heavy atom. The van der Waals surface area contributed by atoms with Gasteiger partial charge in [-0.3, -0.25) is 0 Å². The van der Waals surface area contributed by atoms with Gasteiger partial charge in [0.25, 0.3) is 0 Å².